The summed E-state index contributed by atoms with van der Waals surface area (Å²) in [4.78, 5) is 23.2. The van der Waals surface area contributed by atoms with Crippen molar-refractivity contribution in [3.05, 3.63) is 23.8 Å². The molecule has 0 amide bonds. The van der Waals surface area contributed by atoms with Crippen molar-refractivity contribution >= 4 is 12.9 Å². The molecule has 2 rings (SSSR count). The van der Waals surface area contributed by atoms with E-state index < -0.39 is 7.60 Å². The van der Waals surface area contributed by atoms with Crippen molar-refractivity contribution < 1.29 is 18.8 Å². The highest BCUT2D eigenvalue weighted by atomic mass is 31.2. The molecule has 110 valence electrons. The second-order valence-electron chi connectivity index (χ2n) is 5.29. The number of aryl methyl sites for hydroxylation is 1. The Morgan fingerprint density at radius 3 is 2.65 bits per heavy atom. The number of hydrogen-bond acceptors (Lipinski definition) is 3. The smallest absolute Gasteiger partial charge is 0.360 e. The fraction of sp³-hybridized carbons (Fsp3) is 0.462. The van der Waals surface area contributed by atoms with Gasteiger partial charge >= 0.3 is 7.60 Å². The van der Waals surface area contributed by atoms with Gasteiger partial charge in [0.25, 0.3) is 0 Å². The van der Waals surface area contributed by atoms with Crippen molar-refractivity contribution in [2.24, 2.45) is 13.0 Å². The summed E-state index contributed by atoms with van der Waals surface area (Å²) >= 11 is 0. The van der Waals surface area contributed by atoms with Crippen LogP contribution in [-0.2, 0) is 18.0 Å². The molecule has 2 aromatic rings. The molecule has 0 aliphatic rings. The van der Waals surface area contributed by atoms with Gasteiger partial charge in [-0.05, 0) is 25.3 Å². The number of imidazole rings is 1. The minimum Gasteiger partial charge on any atom is -0.462 e. The summed E-state index contributed by atoms with van der Waals surface area (Å²) in [5.41, 5.74) is 1.43. The maximum absolute atomic E-state index is 11.5. The van der Waals surface area contributed by atoms with E-state index in [1.807, 2.05) is 18.5 Å². The van der Waals surface area contributed by atoms with E-state index in [4.69, 9.17) is 4.42 Å². The predicted octanol–water partition coefficient (Wildman–Crippen LogP) is 1.99. The van der Waals surface area contributed by atoms with Crippen LogP contribution in [0.25, 0.3) is 11.5 Å². The highest BCUT2D eigenvalue weighted by molar-refractivity contribution is 7.60. The Morgan fingerprint density at radius 1 is 1.45 bits per heavy atom. The lowest BCUT2D eigenvalue weighted by atomic mass is 10.1. The SMILES string of the molecule is Cc1nc(-c2occc2P(=O)(O)O)c(CC(C)C)n1C. The fourth-order valence-electron chi connectivity index (χ4n) is 2.17. The van der Waals surface area contributed by atoms with E-state index in [0.29, 0.717) is 11.6 Å². The summed E-state index contributed by atoms with van der Waals surface area (Å²) in [6.45, 7) is 6.02. The highest BCUT2D eigenvalue weighted by Gasteiger charge is 2.29. The van der Waals surface area contributed by atoms with E-state index in [0.717, 1.165) is 17.9 Å². The maximum atomic E-state index is 11.5. The third-order valence-electron chi connectivity index (χ3n) is 3.21. The van der Waals surface area contributed by atoms with E-state index in [2.05, 4.69) is 18.8 Å². The van der Waals surface area contributed by atoms with Crippen molar-refractivity contribution in [2.45, 2.75) is 27.2 Å². The molecular weight excluding hydrogens is 279 g/mol. The van der Waals surface area contributed by atoms with Crippen LogP contribution in [0.3, 0.4) is 0 Å². The van der Waals surface area contributed by atoms with Crippen LogP contribution in [0, 0.1) is 12.8 Å². The van der Waals surface area contributed by atoms with Crippen molar-refractivity contribution in [2.75, 3.05) is 0 Å². The first-order valence-electron chi connectivity index (χ1n) is 6.38. The van der Waals surface area contributed by atoms with Crippen LogP contribution >= 0.6 is 7.60 Å². The normalized spacial score (nSPS) is 12.3. The molecule has 0 aliphatic carbocycles. The summed E-state index contributed by atoms with van der Waals surface area (Å²) < 4.78 is 18.7. The van der Waals surface area contributed by atoms with E-state index in [1.54, 1.807) is 0 Å². The van der Waals surface area contributed by atoms with Gasteiger partial charge in [0.15, 0.2) is 5.76 Å². The Morgan fingerprint density at radius 2 is 2.10 bits per heavy atom. The monoisotopic (exact) mass is 298 g/mol. The molecule has 0 radical (unpaired) electrons. The number of rotatable bonds is 4. The Bertz CT molecular complexity index is 666. The first-order valence-corrected chi connectivity index (χ1v) is 7.99. The van der Waals surface area contributed by atoms with E-state index in [1.165, 1.54) is 12.3 Å². The molecule has 6 nitrogen and oxygen atoms in total. The number of nitrogens with zero attached hydrogens (tertiary/aromatic N) is 2. The Kier molecular flexibility index (Phi) is 3.91. The van der Waals surface area contributed by atoms with Gasteiger partial charge < -0.3 is 18.8 Å². The zero-order valence-corrected chi connectivity index (χ0v) is 12.9. The molecule has 0 fully saturated rings. The van der Waals surface area contributed by atoms with Crippen molar-refractivity contribution in [1.29, 1.82) is 0 Å². The van der Waals surface area contributed by atoms with Gasteiger partial charge in [-0.3, -0.25) is 4.57 Å². The first kappa shape index (κ1) is 15.0. The third-order valence-corrected chi connectivity index (χ3v) is 4.19. The Hall–Kier alpha value is -1.36. The maximum Gasteiger partial charge on any atom is 0.360 e. The molecule has 0 unspecified atom stereocenters. The lowest BCUT2D eigenvalue weighted by molar-refractivity contribution is 0.387. The molecule has 20 heavy (non-hydrogen) atoms. The largest absolute Gasteiger partial charge is 0.462 e. The lowest BCUT2D eigenvalue weighted by Crippen LogP contribution is -2.07. The summed E-state index contributed by atoms with van der Waals surface area (Å²) in [7, 11) is -2.48. The fourth-order valence-corrected chi connectivity index (χ4v) is 2.84. The van der Waals surface area contributed by atoms with Crippen LogP contribution < -0.4 is 5.30 Å². The summed E-state index contributed by atoms with van der Waals surface area (Å²) in [5, 5.41) is -0.111. The Balaban J connectivity index is 2.62. The summed E-state index contributed by atoms with van der Waals surface area (Å²) in [6, 6.07) is 1.30. The molecule has 0 bridgehead atoms. The standard InChI is InChI=1S/C13H19N2O4P/c1-8(2)7-10-12(14-9(3)15(10)4)13-11(5-6-19-13)20(16,17)18/h5-6,8H,7H2,1-4H3,(H2,16,17,18). The van der Waals surface area contributed by atoms with Crippen LogP contribution in [0.2, 0.25) is 0 Å². The molecular formula is C13H19N2O4P. The average molecular weight is 298 g/mol. The lowest BCUT2D eigenvalue weighted by Gasteiger charge is -2.09. The van der Waals surface area contributed by atoms with Gasteiger partial charge in [-0.1, -0.05) is 13.8 Å². The molecule has 0 aliphatic heterocycles. The molecule has 0 spiro atoms. The molecule has 2 N–H and O–H groups in total. The Labute approximate surface area is 117 Å². The van der Waals surface area contributed by atoms with Crippen LogP contribution in [0.15, 0.2) is 16.7 Å². The average Bonchev–Trinajstić information content (AvgIpc) is 2.88. The zero-order chi connectivity index (χ0) is 15.1. The topological polar surface area (TPSA) is 88.5 Å². The van der Waals surface area contributed by atoms with Crippen LogP contribution in [0.1, 0.15) is 25.4 Å². The molecule has 0 aromatic carbocycles. The highest BCUT2D eigenvalue weighted by Crippen LogP contribution is 2.39. The first-order chi connectivity index (χ1) is 9.21. The minimum absolute atomic E-state index is 0.111. The predicted molar refractivity (Wildman–Crippen MR) is 75.9 cm³/mol. The minimum atomic E-state index is -4.38. The summed E-state index contributed by atoms with van der Waals surface area (Å²) in [6.07, 6.45) is 2.04. The van der Waals surface area contributed by atoms with E-state index in [-0.39, 0.29) is 11.1 Å². The zero-order valence-electron chi connectivity index (χ0n) is 12.0. The van der Waals surface area contributed by atoms with Gasteiger partial charge in [0.05, 0.1) is 6.26 Å². The molecule has 0 saturated carbocycles. The van der Waals surface area contributed by atoms with E-state index in [9.17, 15) is 14.4 Å². The van der Waals surface area contributed by atoms with Gasteiger partial charge in [-0.2, -0.15) is 0 Å². The quantitative estimate of drug-likeness (QED) is 0.843. The molecule has 2 heterocycles. The van der Waals surface area contributed by atoms with Crippen molar-refractivity contribution in [3.8, 4) is 11.5 Å². The van der Waals surface area contributed by atoms with Gasteiger partial charge in [0.1, 0.15) is 16.8 Å². The number of aromatic nitrogens is 2. The second-order valence-corrected chi connectivity index (χ2v) is 6.86. The molecule has 2 aromatic heterocycles. The van der Waals surface area contributed by atoms with Crippen molar-refractivity contribution in [3.63, 3.8) is 0 Å². The van der Waals surface area contributed by atoms with Crippen LogP contribution in [-0.4, -0.2) is 19.3 Å². The van der Waals surface area contributed by atoms with Gasteiger partial charge in [0, 0.05) is 12.7 Å². The van der Waals surface area contributed by atoms with Crippen LogP contribution in [0.4, 0.5) is 0 Å². The van der Waals surface area contributed by atoms with Crippen molar-refractivity contribution in [1.82, 2.24) is 9.55 Å². The molecule has 7 heteroatoms. The summed E-state index contributed by atoms with van der Waals surface area (Å²) in [5.74, 6) is 1.35. The molecule has 0 saturated heterocycles. The number of hydrogen-bond donors (Lipinski definition) is 2. The number of furan rings is 1. The third kappa shape index (κ3) is 2.73. The molecule has 0 atom stereocenters. The van der Waals surface area contributed by atoms with Crippen LogP contribution in [0.5, 0.6) is 0 Å². The van der Waals surface area contributed by atoms with Gasteiger partial charge in [-0.25, -0.2) is 4.98 Å². The van der Waals surface area contributed by atoms with Gasteiger partial charge in [-0.15, -0.1) is 0 Å². The van der Waals surface area contributed by atoms with Gasteiger partial charge in [0.2, 0.25) is 0 Å². The van der Waals surface area contributed by atoms with E-state index >= 15 is 0 Å². The second kappa shape index (κ2) is 5.20.